The van der Waals surface area contributed by atoms with Gasteiger partial charge in [0, 0.05) is 29.6 Å². The van der Waals surface area contributed by atoms with Gasteiger partial charge in [-0.05, 0) is 51.7 Å². The summed E-state index contributed by atoms with van der Waals surface area (Å²) < 4.78 is 6.88. The highest BCUT2D eigenvalue weighted by Crippen LogP contribution is 2.33. The number of rotatable bonds is 8. The van der Waals surface area contributed by atoms with Gasteiger partial charge in [-0.2, -0.15) is 0 Å². The number of nitrogens with one attached hydrogen (secondary N) is 2. The molecule has 0 radical (unpaired) electrons. The van der Waals surface area contributed by atoms with Crippen molar-refractivity contribution in [3.63, 3.8) is 0 Å². The van der Waals surface area contributed by atoms with Crippen LogP contribution in [-0.4, -0.2) is 42.2 Å². The first-order valence-electron chi connectivity index (χ1n) is 14.2. The fourth-order valence-corrected chi connectivity index (χ4v) is 5.19. The van der Waals surface area contributed by atoms with E-state index in [0.29, 0.717) is 28.8 Å². The number of nitrogens with zero attached hydrogens (tertiary/aromatic N) is 4. The minimum Gasteiger partial charge on any atom is -0.382 e. The summed E-state index contributed by atoms with van der Waals surface area (Å²) in [5.74, 6) is 0.412. The van der Waals surface area contributed by atoms with Gasteiger partial charge < -0.3 is 15.0 Å². The molecular formula is C30H44N6O4. The van der Waals surface area contributed by atoms with E-state index in [9.17, 15) is 14.7 Å². The van der Waals surface area contributed by atoms with Crippen LogP contribution in [0.15, 0.2) is 21.5 Å². The summed E-state index contributed by atoms with van der Waals surface area (Å²) in [4.78, 5) is 37.1. The van der Waals surface area contributed by atoms with Gasteiger partial charge in [0.25, 0.3) is 5.91 Å². The van der Waals surface area contributed by atoms with Gasteiger partial charge in [-0.1, -0.05) is 59.0 Å². The SMILES string of the molecule is Cc1c(C(=O)NCC(C)(C)c2noc(=O)[nH]2)cc(-c2cc(C(C)(C)C)nc(C(C)(C)O)n2)n1CC1CCCCC1. The second kappa shape index (κ2) is 11.0. The van der Waals surface area contributed by atoms with Gasteiger partial charge in [0.05, 0.1) is 22.6 Å². The van der Waals surface area contributed by atoms with Crippen molar-refractivity contribution in [2.45, 2.75) is 110 Å². The number of carbonyl (C=O) groups excluding carboxylic acids is 1. The van der Waals surface area contributed by atoms with Crippen LogP contribution in [0.2, 0.25) is 0 Å². The Morgan fingerprint density at radius 1 is 1.10 bits per heavy atom. The number of H-pyrrole nitrogens is 1. The van der Waals surface area contributed by atoms with E-state index in [1.54, 1.807) is 13.8 Å². The molecule has 3 aromatic rings. The van der Waals surface area contributed by atoms with Crippen LogP contribution in [-0.2, 0) is 23.0 Å². The normalized spacial score (nSPS) is 15.4. The van der Waals surface area contributed by atoms with E-state index in [1.807, 2.05) is 32.9 Å². The topological polar surface area (TPSA) is 139 Å². The molecule has 40 heavy (non-hydrogen) atoms. The van der Waals surface area contributed by atoms with E-state index in [0.717, 1.165) is 36.5 Å². The van der Waals surface area contributed by atoms with Crippen LogP contribution in [0.25, 0.3) is 11.4 Å². The molecule has 10 nitrogen and oxygen atoms in total. The zero-order chi connectivity index (χ0) is 29.5. The molecule has 0 aliphatic heterocycles. The van der Waals surface area contributed by atoms with E-state index in [-0.39, 0.29) is 17.9 Å². The monoisotopic (exact) mass is 552 g/mol. The smallest absolute Gasteiger partial charge is 0.382 e. The van der Waals surface area contributed by atoms with Crippen LogP contribution in [0.3, 0.4) is 0 Å². The molecule has 0 aromatic carbocycles. The molecule has 0 atom stereocenters. The van der Waals surface area contributed by atoms with Crippen molar-refractivity contribution in [3.05, 3.63) is 51.3 Å². The Bertz CT molecular complexity index is 1380. The summed E-state index contributed by atoms with van der Waals surface area (Å²) in [5.41, 5.74) is 1.66. The Morgan fingerprint density at radius 3 is 2.35 bits per heavy atom. The summed E-state index contributed by atoms with van der Waals surface area (Å²) >= 11 is 0. The second-order valence-electron chi connectivity index (χ2n) is 13.4. The van der Waals surface area contributed by atoms with Crippen LogP contribution in [0, 0.1) is 12.8 Å². The van der Waals surface area contributed by atoms with Gasteiger partial charge in [-0.15, -0.1) is 0 Å². The number of aromatic amines is 1. The van der Waals surface area contributed by atoms with E-state index in [2.05, 4.69) is 45.3 Å². The molecule has 1 amide bonds. The molecule has 0 bridgehead atoms. The third kappa shape index (κ3) is 6.54. The first-order valence-corrected chi connectivity index (χ1v) is 14.2. The molecule has 218 valence electrons. The van der Waals surface area contributed by atoms with Crippen LogP contribution < -0.4 is 11.1 Å². The van der Waals surface area contributed by atoms with E-state index >= 15 is 0 Å². The van der Waals surface area contributed by atoms with Crippen molar-refractivity contribution >= 4 is 5.91 Å². The third-order valence-corrected chi connectivity index (χ3v) is 7.85. The maximum Gasteiger partial charge on any atom is 0.438 e. The molecule has 0 saturated heterocycles. The predicted molar refractivity (Wildman–Crippen MR) is 153 cm³/mol. The van der Waals surface area contributed by atoms with Gasteiger partial charge in [0.2, 0.25) is 0 Å². The van der Waals surface area contributed by atoms with Crippen LogP contribution in [0.5, 0.6) is 0 Å². The van der Waals surface area contributed by atoms with Gasteiger partial charge in [-0.25, -0.2) is 14.8 Å². The quantitative estimate of drug-likeness (QED) is 0.367. The zero-order valence-electron chi connectivity index (χ0n) is 25.1. The second-order valence-corrected chi connectivity index (χ2v) is 13.4. The molecule has 1 saturated carbocycles. The lowest BCUT2D eigenvalue weighted by Crippen LogP contribution is -2.37. The molecular weight excluding hydrogens is 508 g/mol. The van der Waals surface area contributed by atoms with Crippen LogP contribution in [0.4, 0.5) is 0 Å². The Labute approximate surface area is 236 Å². The minimum absolute atomic E-state index is 0.215. The minimum atomic E-state index is -1.22. The molecule has 1 aliphatic rings. The summed E-state index contributed by atoms with van der Waals surface area (Å²) in [7, 11) is 0. The van der Waals surface area contributed by atoms with E-state index in [4.69, 9.17) is 9.97 Å². The van der Waals surface area contributed by atoms with Crippen molar-refractivity contribution < 1.29 is 14.4 Å². The van der Waals surface area contributed by atoms with Crippen molar-refractivity contribution in [3.8, 4) is 11.4 Å². The van der Waals surface area contributed by atoms with Crippen LogP contribution >= 0.6 is 0 Å². The van der Waals surface area contributed by atoms with Gasteiger partial charge in [0.1, 0.15) is 5.60 Å². The molecule has 0 spiro atoms. The number of amides is 1. The standard InChI is InChI=1S/C30H44N6O4/c1-18-20(24(37)31-17-29(5,6)25-34-27(38)40-35-25)14-22(36(18)16-19-12-10-9-11-13-19)21-15-23(28(2,3)4)33-26(32-21)30(7,8)39/h14-15,19,39H,9-13,16-17H2,1-8H3,(H,31,37)(H,34,35,38). The Morgan fingerprint density at radius 2 is 1.77 bits per heavy atom. The Hall–Kier alpha value is -3.27. The van der Waals surface area contributed by atoms with Crippen molar-refractivity contribution in [1.82, 2.24) is 30.0 Å². The van der Waals surface area contributed by atoms with Gasteiger partial charge >= 0.3 is 5.76 Å². The average Bonchev–Trinajstić information content (AvgIpc) is 3.46. The number of aromatic nitrogens is 5. The molecule has 10 heteroatoms. The van der Waals surface area contributed by atoms with E-state index < -0.39 is 16.8 Å². The third-order valence-electron chi connectivity index (χ3n) is 7.85. The largest absolute Gasteiger partial charge is 0.438 e. The number of aliphatic hydroxyl groups is 1. The fourth-order valence-electron chi connectivity index (χ4n) is 5.19. The predicted octanol–water partition coefficient (Wildman–Crippen LogP) is 4.74. The average molecular weight is 553 g/mol. The Balaban J connectivity index is 1.75. The van der Waals surface area contributed by atoms with Crippen molar-refractivity contribution in [1.29, 1.82) is 0 Å². The van der Waals surface area contributed by atoms with Gasteiger partial charge in [0.15, 0.2) is 11.6 Å². The highest BCUT2D eigenvalue weighted by atomic mass is 16.5. The number of hydrogen-bond acceptors (Lipinski definition) is 7. The Kier molecular flexibility index (Phi) is 8.13. The highest BCUT2D eigenvalue weighted by molar-refractivity contribution is 5.97. The van der Waals surface area contributed by atoms with Crippen LogP contribution in [0.1, 0.15) is 114 Å². The zero-order valence-corrected chi connectivity index (χ0v) is 25.1. The lowest BCUT2D eigenvalue weighted by molar-refractivity contribution is 0.0683. The molecule has 3 aromatic heterocycles. The van der Waals surface area contributed by atoms with Crippen molar-refractivity contribution in [2.24, 2.45) is 5.92 Å². The summed E-state index contributed by atoms with van der Waals surface area (Å²) in [5, 5.41) is 17.7. The maximum atomic E-state index is 13.6. The molecule has 3 heterocycles. The molecule has 1 aliphatic carbocycles. The first-order chi connectivity index (χ1) is 18.6. The number of carbonyl (C=O) groups is 1. The molecule has 3 N–H and O–H groups in total. The highest BCUT2D eigenvalue weighted by Gasteiger charge is 2.30. The van der Waals surface area contributed by atoms with Crippen molar-refractivity contribution in [2.75, 3.05) is 6.54 Å². The summed E-state index contributed by atoms with van der Waals surface area (Å²) in [6.07, 6.45) is 6.03. The molecule has 1 fully saturated rings. The first kappa shape index (κ1) is 29.7. The lowest BCUT2D eigenvalue weighted by Gasteiger charge is -2.26. The lowest BCUT2D eigenvalue weighted by atomic mass is 9.89. The molecule has 0 unspecified atom stereocenters. The summed E-state index contributed by atoms with van der Waals surface area (Å²) in [6, 6.07) is 3.88. The fraction of sp³-hybridized carbons (Fsp3) is 0.633. The summed E-state index contributed by atoms with van der Waals surface area (Å²) in [6.45, 7) is 16.4. The molecule has 4 rings (SSSR count). The maximum absolute atomic E-state index is 13.6. The number of hydrogen-bond donors (Lipinski definition) is 3. The van der Waals surface area contributed by atoms with E-state index in [1.165, 1.54) is 19.3 Å². The van der Waals surface area contributed by atoms with Gasteiger partial charge in [-0.3, -0.25) is 14.3 Å².